The van der Waals surface area contributed by atoms with E-state index in [4.69, 9.17) is 16.7 Å². The lowest BCUT2D eigenvalue weighted by molar-refractivity contribution is 0.271. The fraction of sp³-hybridized carbons (Fsp3) is 0.471. The monoisotopic (exact) mass is 303 g/mol. The van der Waals surface area contributed by atoms with Crippen molar-refractivity contribution in [3.63, 3.8) is 0 Å². The molecule has 2 aromatic rings. The van der Waals surface area contributed by atoms with Crippen LogP contribution in [0, 0.1) is 0 Å². The summed E-state index contributed by atoms with van der Waals surface area (Å²) in [5.74, 6) is 0. The Hall–Kier alpha value is -1.32. The smallest absolute Gasteiger partial charge is 0.0634 e. The second-order valence-corrected chi connectivity index (χ2v) is 6.55. The fourth-order valence-electron chi connectivity index (χ4n) is 2.93. The van der Waals surface area contributed by atoms with Gasteiger partial charge in [-0.1, -0.05) is 30.7 Å². The van der Waals surface area contributed by atoms with Crippen molar-refractivity contribution < 1.29 is 0 Å². The maximum absolute atomic E-state index is 6.16. The highest BCUT2D eigenvalue weighted by Gasteiger charge is 2.39. The van der Waals surface area contributed by atoms with Gasteiger partial charge in [0.2, 0.25) is 0 Å². The maximum atomic E-state index is 6.16. The second-order valence-electron chi connectivity index (χ2n) is 6.12. The standard InChI is InChI=1S/C17H22ClN3/c1-3-13(2)21-8-7-16(20-21)10-17(11-19-12-17)14-5-4-6-15(18)9-14/h4-9,13,19H,3,10-12H2,1-2H3. The van der Waals surface area contributed by atoms with Gasteiger partial charge in [0.25, 0.3) is 0 Å². The van der Waals surface area contributed by atoms with Crippen LogP contribution < -0.4 is 5.32 Å². The van der Waals surface area contributed by atoms with Crippen molar-refractivity contribution in [2.75, 3.05) is 13.1 Å². The normalized spacial score (nSPS) is 18.2. The van der Waals surface area contributed by atoms with Gasteiger partial charge in [0.15, 0.2) is 0 Å². The van der Waals surface area contributed by atoms with E-state index in [1.54, 1.807) is 0 Å². The van der Waals surface area contributed by atoms with E-state index in [2.05, 4.69) is 48.2 Å². The van der Waals surface area contributed by atoms with Crippen molar-refractivity contribution in [1.29, 1.82) is 0 Å². The number of halogens is 1. The van der Waals surface area contributed by atoms with Crippen LogP contribution >= 0.6 is 11.6 Å². The zero-order valence-corrected chi connectivity index (χ0v) is 13.4. The number of benzene rings is 1. The molecule has 4 heteroatoms. The summed E-state index contributed by atoms with van der Waals surface area (Å²) in [6.07, 6.45) is 4.16. The quantitative estimate of drug-likeness (QED) is 0.915. The van der Waals surface area contributed by atoms with Gasteiger partial charge >= 0.3 is 0 Å². The molecule has 0 amide bonds. The molecule has 1 atom stereocenters. The Morgan fingerprint density at radius 2 is 2.19 bits per heavy atom. The van der Waals surface area contributed by atoms with Gasteiger partial charge in [-0.15, -0.1) is 0 Å². The molecule has 1 unspecified atom stereocenters. The summed E-state index contributed by atoms with van der Waals surface area (Å²) in [6.45, 7) is 6.37. The lowest BCUT2D eigenvalue weighted by Gasteiger charge is -2.43. The molecule has 3 nitrogen and oxygen atoms in total. The molecule has 1 aromatic carbocycles. The van der Waals surface area contributed by atoms with Crippen LogP contribution in [0.25, 0.3) is 0 Å². The summed E-state index contributed by atoms with van der Waals surface area (Å²) in [4.78, 5) is 0. The summed E-state index contributed by atoms with van der Waals surface area (Å²) in [7, 11) is 0. The summed E-state index contributed by atoms with van der Waals surface area (Å²) >= 11 is 6.16. The Labute approximate surface area is 131 Å². The van der Waals surface area contributed by atoms with E-state index in [9.17, 15) is 0 Å². The Bertz CT molecular complexity index is 616. The van der Waals surface area contributed by atoms with Crippen LogP contribution in [-0.4, -0.2) is 22.9 Å². The molecule has 1 aliphatic rings. The third kappa shape index (κ3) is 2.85. The van der Waals surface area contributed by atoms with E-state index in [1.807, 2.05) is 12.1 Å². The van der Waals surface area contributed by atoms with Crippen molar-refractivity contribution in [3.8, 4) is 0 Å². The van der Waals surface area contributed by atoms with Crippen LogP contribution in [-0.2, 0) is 11.8 Å². The number of rotatable bonds is 5. The van der Waals surface area contributed by atoms with E-state index in [0.29, 0.717) is 6.04 Å². The van der Waals surface area contributed by atoms with Crippen LogP contribution in [0.1, 0.15) is 37.6 Å². The van der Waals surface area contributed by atoms with Crippen LogP contribution in [0.15, 0.2) is 36.5 Å². The highest BCUT2D eigenvalue weighted by Crippen LogP contribution is 2.33. The first-order valence-corrected chi connectivity index (χ1v) is 8.01. The third-order valence-corrected chi connectivity index (χ3v) is 4.82. The molecule has 21 heavy (non-hydrogen) atoms. The highest BCUT2D eigenvalue weighted by molar-refractivity contribution is 6.30. The lowest BCUT2D eigenvalue weighted by Crippen LogP contribution is -2.58. The molecule has 0 saturated carbocycles. The van der Waals surface area contributed by atoms with E-state index >= 15 is 0 Å². The summed E-state index contributed by atoms with van der Waals surface area (Å²) in [6, 6.07) is 10.8. The SMILES string of the molecule is CCC(C)n1ccc(CC2(c3cccc(Cl)c3)CNC2)n1. The molecule has 0 radical (unpaired) electrons. The molecule has 0 bridgehead atoms. The lowest BCUT2D eigenvalue weighted by atomic mass is 9.72. The molecule has 2 heterocycles. The summed E-state index contributed by atoms with van der Waals surface area (Å²) in [5.41, 5.74) is 2.61. The molecule has 1 saturated heterocycles. The minimum Gasteiger partial charge on any atom is -0.315 e. The average molecular weight is 304 g/mol. The minimum atomic E-state index is 0.138. The molecule has 3 rings (SSSR count). The molecule has 0 spiro atoms. The highest BCUT2D eigenvalue weighted by atomic mass is 35.5. The first-order valence-electron chi connectivity index (χ1n) is 7.64. The maximum Gasteiger partial charge on any atom is 0.0634 e. The van der Waals surface area contributed by atoms with Crippen LogP contribution in [0.4, 0.5) is 0 Å². The first kappa shape index (κ1) is 14.6. The zero-order chi connectivity index (χ0) is 14.9. The topological polar surface area (TPSA) is 29.9 Å². The predicted molar refractivity (Wildman–Crippen MR) is 86.9 cm³/mol. The van der Waals surface area contributed by atoms with E-state index in [0.717, 1.165) is 36.6 Å². The molecule has 1 aliphatic heterocycles. The van der Waals surface area contributed by atoms with Crippen molar-refractivity contribution in [1.82, 2.24) is 15.1 Å². The Morgan fingerprint density at radius 3 is 2.81 bits per heavy atom. The van der Waals surface area contributed by atoms with Crippen molar-refractivity contribution in [2.45, 2.75) is 38.1 Å². The van der Waals surface area contributed by atoms with Crippen LogP contribution in [0.3, 0.4) is 0 Å². The van der Waals surface area contributed by atoms with Crippen molar-refractivity contribution in [2.24, 2.45) is 0 Å². The van der Waals surface area contributed by atoms with E-state index < -0.39 is 0 Å². The molecule has 1 N–H and O–H groups in total. The van der Waals surface area contributed by atoms with Gasteiger partial charge in [-0.25, -0.2) is 0 Å². The van der Waals surface area contributed by atoms with Gasteiger partial charge in [0, 0.05) is 42.2 Å². The third-order valence-electron chi connectivity index (χ3n) is 4.59. The Kier molecular flexibility index (Phi) is 4.05. The van der Waals surface area contributed by atoms with Gasteiger partial charge in [0.05, 0.1) is 5.69 Å². The van der Waals surface area contributed by atoms with Gasteiger partial charge in [-0.2, -0.15) is 5.10 Å². The molecular weight excluding hydrogens is 282 g/mol. The summed E-state index contributed by atoms with van der Waals surface area (Å²) < 4.78 is 2.08. The van der Waals surface area contributed by atoms with Gasteiger partial charge in [-0.3, -0.25) is 4.68 Å². The zero-order valence-electron chi connectivity index (χ0n) is 12.6. The number of aromatic nitrogens is 2. The van der Waals surface area contributed by atoms with E-state index in [-0.39, 0.29) is 5.41 Å². The largest absolute Gasteiger partial charge is 0.315 e. The summed E-state index contributed by atoms with van der Waals surface area (Å²) in [5, 5.41) is 8.96. The number of nitrogens with zero attached hydrogens (tertiary/aromatic N) is 2. The van der Waals surface area contributed by atoms with Gasteiger partial charge < -0.3 is 5.32 Å². The number of hydrogen-bond acceptors (Lipinski definition) is 2. The Balaban J connectivity index is 1.83. The first-order chi connectivity index (χ1) is 10.1. The Morgan fingerprint density at radius 1 is 1.38 bits per heavy atom. The second kappa shape index (κ2) is 5.82. The fourth-order valence-corrected chi connectivity index (χ4v) is 3.12. The van der Waals surface area contributed by atoms with Gasteiger partial charge in [-0.05, 0) is 37.1 Å². The molecule has 0 aliphatic carbocycles. The minimum absolute atomic E-state index is 0.138. The van der Waals surface area contributed by atoms with Crippen molar-refractivity contribution >= 4 is 11.6 Å². The number of nitrogens with one attached hydrogen (secondary N) is 1. The van der Waals surface area contributed by atoms with E-state index in [1.165, 1.54) is 5.56 Å². The number of hydrogen-bond donors (Lipinski definition) is 1. The molecular formula is C17H22ClN3. The predicted octanol–water partition coefficient (Wildman–Crippen LogP) is 3.59. The molecule has 1 aromatic heterocycles. The van der Waals surface area contributed by atoms with Crippen LogP contribution in [0.5, 0.6) is 0 Å². The van der Waals surface area contributed by atoms with Crippen LogP contribution in [0.2, 0.25) is 5.02 Å². The average Bonchev–Trinajstić information content (AvgIpc) is 2.90. The molecule has 112 valence electrons. The molecule has 1 fully saturated rings. The van der Waals surface area contributed by atoms with Crippen molar-refractivity contribution in [3.05, 3.63) is 52.8 Å². The van der Waals surface area contributed by atoms with Gasteiger partial charge in [0.1, 0.15) is 0 Å².